The number of hydrogen-bond acceptors (Lipinski definition) is 4. The minimum atomic E-state index is -0.396. The van der Waals surface area contributed by atoms with E-state index in [1.54, 1.807) is 0 Å². The Morgan fingerprint density at radius 3 is 2.95 bits per heavy atom. The monoisotopic (exact) mass is 265 g/mol. The summed E-state index contributed by atoms with van der Waals surface area (Å²) in [6.45, 7) is 4.37. The van der Waals surface area contributed by atoms with E-state index in [2.05, 4.69) is 4.90 Å². The van der Waals surface area contributed by atoms with Crippen LogP contribution >= 0.6 is 0 Å². The highest BCUT2D eigenvalue weighted by Crippen LogP contribution is 2.50. The van der Waals surface area contributed by atoms with Crippen molar-refractivity contribution in [3.8, 4) is 0 Å². The van der Waals surface area contributed by atoms with Crippen LogP contribution in [-0.4, -0.2) is 42.4 Å². The van der Waals surface area contributed by atoms with Gasteiger partial charge in [-0.3, -0.25) is 14.5 Å². The van der Waals surface area contributed by atoms with Crippen LogP contribution in [0.15, 0.2) is 0 Å². The molecule has 0 spiro atoms. The topological polar surface area (TPSA) is 46.6 Å². The van der Waals surface area contributed by atoms with E-state index in [1.165, 1.54) is 0 Å². The first-order valence-electron chi connectivity index (χ1n) is 7.63. The molecule has 0 aromatic rings. The molecule has 2 aliphatic heterocycles. The molecule has 0 bridgehead atoms. The fraction of sp³-hybridized carbons (Fsp3) is 0.867. The molecule has 3 rings (SSSR count). The van der Waals surface area contributed by atoms with Crippen LogP contribution in [0.5, 0.6) is 0 Å². The van der Waals surface area contributed by atoms with Crippen LogP contribution in [0.2, 0.25) is 0 Å². The third-order valence-corrected chi connectivity index (χ3v) is 5.28. The maximum atomic E-state index is 12.5. The van der Waals surface area contributed by atoms with Crippen molar-refractivity contribution in [1.29, 1.82) is 0 Å². The zero-order valence-electron chi connectivity index (χ0n) is 11.7. The Bertz CT molecular complexity index is 393. The number of rotatable bonds is 2. The number of ketones is 1. The summed E-state index contributed by atoms with van der Waals surface area (Å²) in [5.41, 5.74) is -0.396. The molecule has 0 aromatic heterocycles. The fourth-order valence-corrected chi connectivity index (χ4v) is 4.54. The second-order valence-electron chi connectivity index (χ2n) is 6.18. The molecule has 106 valence electrons. The van der Waals surface area contributed by atoms with E-state index in [-0.39, 0.29) is 17.9 Å². The maximum Gasteiger partial charge on any atom is 0.313 e. The van der Waals surface area contributed by atoms with Crippen molar-refractivity contribution >= 4 is 11.8 Å². The Hall–Kier alpha value is -0.900. The van der Waals surface area contributed by atoms with Gasteiger partial charge in [0.2, 0.25) is 0 Å². The highest BCUT2D eigenvalue weighted by atomic mass is 16.5. The Morgan fingerprint density at radius 1 is 1.37 bits per heavy atom. The molecule has 3 fully saturated rings. The summed E-state index contributed by atoms with van der Waals surface area (Å²) < 4.78 is 5.37. The SMILES string of the molecule is CCOC(=O)[C@]12CCCN3CCC[C@H](C(=O)CC1)[C@@H]32. The van der Waals surface area contributed by atoms with Gasteiger partial charge in [0.15, 0.2) is 0 Å². The molecular formula is C15H23NO3. The largest absolute Gasteiger partial charge is 0.466 e. The third kappa shape index (κ3) is 1.92. The van der Waals surface area contributed by atoms with E-state index < -0.39 is 5.41 Å². The van der Waals surface area contributed by atoms with E-state index in [1.807, 2.05) is 6.92 Å². The van der Waals surface area contributed by atoms with Gasteiger partial charge in [-0.2, -0.15) is 0 Å². The van der Waals surface area contributed by atoms with E-state index in [4.69, 9.17) is 4.74 Å². The molecule has 0 aromatic carbocycles. The van der Waals surface area contributed by atoms with Gasteiger partial charge >= 0.3 is 5.97 Å². The van der Waals surface area contributed by atoms with Crippen molar-refractivity contribution in [3.63, 3.8) is 0 Å². The first-order valence-corrected chi connectivity index (χ1v) is 7.63. The van der Waals surface area contributed by atoms with Crippen LogP contribution in [0, 0.1) is 11.3 Å². The maximum absolute atomic E-state index is 12.5. The number of hydrogen-bond donors (Lipinski definition) is 0. The van der Waals surface area contributed by atoms with Gasteiger partial charge < -0.3 is 4.74 Å². The van der Waals surface area contributed by atoms with Crippen LogP contribution in [0.1, 0.15) is 45.4 Å². The van der Waals surface area contributed by atoms with Crippen molar-refractivity contribution < 1.29 is 14.3 Å². The van der Waals surface area contributed by atoms with Crippen molar-refractivity contribution in [1.82, 2.24) is 4.90 Å². The lowest BCUT2D eigenvalue weighted by Gasteiger charge is -2.55. The quantitative estimate of drug-likeness (QED) is 0.714. The number of piperidine rings is 2. The van der Waals surface area contributed by atoms with E-state index in [9.17, 15) is 9.59 Å². The number of nitrogens with zero attached hydrogens (tertiary/aromatic N) is 1. The van der Waals surface area contributed by atoms with Gasteiger partial charge in [-0.15, -0.1) is 0 Å². The first kappa shape index (κ1) is 13.1. The Morgan fingerprint density at radius 2 is 2.16 bits per heavy atom. The molecule has 4 nitrogen and oxygen atoms in total. The molecule has 0 radical (unpaired) electrons. The summed E-state index contributed by atoms with van der Waals surface area (Å²) in [4.78, 5) is 27.1. The van der Waals surface area contributed by atoms with Gasteiger partial charge in [0, 0.05) is 18.4 Å². The summed E-state index contributed by atoms with van der Waals surface area (Å²) in [5.74, 6) is 0.396. The molecule has 1 aliphatic carbocycles. The molecule has 4 heteroatoms. The summed E-state index contributed by atoms with van der Waals surface area (Å²) in [5, 5.41) is 0. The molecular weight excluding hydrogens is 242 g/mol. The Kier molecular flexibility index (Phi) is 3.37. The van der Waals surface area contributed by atoms with Gasteiger partial charge in [-0.1, -0.05) is 0 Å². The lowest BCUT2D eigenvalue weighted by molar-refractivity contribution is -0.175. The van der Waals surface area contributed by atoms with Crippen molar-refractivity contribution in [2.45, 2.75) is 51.5 Å². The summed E-state index contributed by atoms with van der Waals surface area (Å²) in [6, 6.07) is 0.121. The van der Waals surface area contributed by atoms with Crippen molar-refractivity contribution in [2.24, 2.45) is 11.3 Å². The highest BCUT2D eigenvalue weighted by Gasteiger charge is 2.58. The number of Topliss-reactive ketones (excluding diaryl/α,β-unsaturated/α-hetero) is 1. The molecule has 0 amide bonds. The molecule has 2 saturated heterocycles. The predicted octanol–water partition coefficient (Wildman–Crippen LogP) is 1.77. The molecule has 0 unspecified atom stereocenters. The predicted molar refractivity (Wildman–Crippen MR) is 70.6 cm³/mol. The van der Waals surface area contributed by atoms with Crippen LogP contribution in [0.25, 0.3) is 0 Å². The van der Waals surface area contributed by atoms with Crippen LogP contribution < -0.4 is 0 Å². The third-order valence-electron chi connectivity index (χ3n) is 5.28. The van der Waals surface area contributed by atoms with E-state index in [0.717, 1.165) is 38.8 Å². The average Bonchev–Trinajstić information content (AvgIpc) is 2.43. The molecule has 2 heterocycles. The van der Waals surface area contributed by atoms with Gasteiger partial charge in [-0.25, -0.2) is 0 Å². The van der Waals surface area contributed by atoms with Crippen molar-refractivity contribution in [2.75, 3.05) is 19.7 Å². The van der Waals surface area contributed by atoms with Gasteiger partial charge in [0.1, 0.15) is 5.78 Å². The van der Waals surface area contributed by atoms with Gasteiger partial charge in [0.25, 0.3) is 0 Å². The number of carbonyl (C=O) groups is 2. The normalized spacial score (nSPS) is 38.7. The molecule has 0 N–H and O–H groups in total. The van der Waals surface area contributed by atoms with Gasteiger partial charge in [-0.05, 0) is 52.1 Å². The number of ether oxygens (including phenoxy) is 1. The average molecular weight is 265 g/mol. The minimum Gasteiger partial charge on any atom is -0.466 e. The summed E-state index contributed by atoms with van der Waals surface area (Å²) >= 11 is 0. The van der Waals surface area contributed by atoms with Crippen LogP contribution in [-0.2, 0) is 14.3 Å². The smallest absolute Gasteiger partial charge is 0.313 e. The lowest BCUT2D eigenvalue weighted by atomic mass is 9.58. The van der Waals surface area contributed by atoms with Crippen LogP contribution in [0.4, 0.5) is 0 Å². The molecule has 3 aliphatic rings. The van der Waals surface area contributed by atoms with E-state index >= 15 is 0 Å². The van der Waals surface area contributed by atoms with Crippen molar-refractivity contribution in [3.05, 3.63) is 0 Å². The van der Waals surface area contributed by atoms with E-state index in [0.29, 0.717) is 25.2 Å². The van der Waals surface area contributed by atoms with Crippen LogP contribution in [0.3, 0.4) is 0 Å². The molecule has 1 saturated carbocycles. The highest BCUT2D eigenvalue weighted by molar-refractivity contribution is 5.88. The summed E-state index contributed by atoms with van der Waals surface area (Å²) in [6.07, 6.45) is 5.26. The molecule has 3 atom stereocenters. The fourth-order valence-electron chi connectivity index (χ4n) is 4.54. The second-order valence-corrected chi connectivity index (χ2v) is 6.18. The number of carbonyl (C=O) groups excluding carboxylic acids is 2. The lowest BCUT2D eigenvalue weighted by Crippen LogP contribution is -2.65. The molecule has 19 heavy (non-hydrogen) atoms. The Labute approximate surface area is 114 Å². The second kappa shape index (κ2) is 4.89. The minimum absolute atomic E-state index is 0.0518. The summed E-state index contributed by atoms with van der Waals surface area (Å²) in [7, 11) is 0. The first-order chi connectivity index (χ1) is 9.19. The van der Waals surface area contributed by atoms with Gasteiger partial charge in [0.05, 0.1) is 12.0 Å². The number of esters is 1. The zero-order valence-corrected chi connectivity index (χ0v) is 11.7. The zero-order chi connectivity index (χ0) is 13.5. The Balaban J connectivity index is 1.96. The standard InChI is InChI=1S/C15H23NO3/c1-2-19-14(18)15-7-4-10-16-9-3-5-11(13(15)16)12(17)6-8-15/h11,13H,2-10H2,1H3/t11-,13-,15-/m1/s1.